The van der Waals surface area contributed by atoms with Crippen LogP contribution in [0.15, 0.2) is 41.2 Å². The molecule has 72 valence electrons. The average Bonchev–Trinajstić information content (AvgIpc) is 2.61. The lowest BCUT2D eigenvalue weighted by atomic mass is 10.2. The summed E-state index contributed by atoms with van der Waals surface area (Å²) in [5.41, 5.74) is 1.93. The van der Waals surface area contributed by atoms with Crippen LogP contribution in [0.3, 0.4) is 0 Å². The Labute approximate surface area is 82.0 Å². The highest BCUT2D eigenvalue weighted by Crippen LogP contribution is 2.13. The molecule has 3 nitrogen and oxygen atoms in total. The molecule has 0 bridgehead atoms. The zero-order valence-electron chi connectivity index (χ0n) is 8.03. The Balaban J connectivity index is 2.48. The lowest BCUT2D eigenvalue weighted by molar-refractivity contribution is 0.640. The minimum atomic E-state index is 0.0198. The first kappa shape index (κ1) is 8.81. The zero-order chi connectivity index (χ0) is 9.97. The summed E-state index contributed by atoms with van der Waals surface area (Å²) < 4.78 is 1.59. The number of hydrogen-bond donors (Lipinski definition) is 1. The first-order valence-corrected chi connectivity index (χ1v) is 4.66. The number of aromatic amines is 1. The Hall–Kier alpha value is -1.77. The van der Waals surface area contributed by atoms with Gasteiger partial charge in [-0.25, -0.2) is 0 Å². The third-order valence-corrected chi connectivity index (χ3v) is 2.19. The van der Waals surface area contributed by atoms with Crippen LogP contribution in [0.4, 0.5) is 0 Å². The second-order valence-electron chi connectivity index (χ2n) is 3.12. The van der Waals surface area contributed by atoms with E-state index < -0.39 is 0 Å². The van der Waals surface area contributed by atoms with Gasteiger partial charge in [-0.3, -0.25) is 14.6 Å². The summed E-state index contributed by atoms with van der Waals surface area (Å²) in [4.78, 5) is 11.4. The first-order chi connectivity index (χ1) is 6.81. The van der Waals surface area contributed by atoms with Crippen molar-refractivity contribution in [3.63, 3.8) is 0 Å². The molecule has 2 aromatic rings. The van der Waals surface area contributed by atoms with Gasteiger partial charge in [0.05, 0.1) is 5.69 Å². The molecule has 1 aromatic carbocycles. The molecule has 0 fully saturated rings. The number of nitrogens with one attached hydrogen (secondary N) is 1. The van der Waals surface area contributed by atoms with E-state index in [-0.39, 0.29) is 5.56 Å². The maximum atomic E-state index is 11.4. The standard InChI is InChI=1S/C11H12N2O/c1-2-13-11(14)8-10(12-13)9-6-4-3-5-7-9/h3-8,12H,2H2,1H3. The summed E-state index contributed by atoms with van der Waals surface area (Å²) in [6, 6.07) is 11.4. The molecule has 14 heavy (non-hydrogen) atoms. The molecular formula is C11H12N2O. The lowest BCUT2D eigenvalue weighted by Gasteiger charge is -1.97. The minimum Gasteiger partial charge on any atom is -0.295 e. The highest BCUT2D eigenvalue weighted by atomic mass is 16.1. The van der Waals surface area contributed by atoms with Crippen molar-refractivity contribution in [1.82, 2.24) is 9.78 Å². The van der Waals surface area contributed by atoms with Crippen LogP contribution in [0, 0.1) is 0 Å². The molecule has 2 rings (SSSR count). The van der Waals surface area contributed by atoms with Gasteiger partial charge in [0, 0.05) is 12.6 Å². The number of benzene rings is 1. The van der Waals surface area contributed by atoms with Crippen molar-refractivity contribution in [3.05, 3.63) is 46.8 Å². The molecule has 0 saturated carbocycles. The van der Waals surface area contributed by atoms with Crippen LogP contribution in [0.2, 0.25) is 0 Å². The van der Waals surface area contributed by atoms with Crippen LogP contribution in [-0.2, 0) is 6.54 Å². The number of aromatic nitrogens is 2. The van der Waals surface area contributed by atoms with Crippen LogP contribution < -0.4 is 5.56 Å². The zero-order valence-corrected chi connectivity index (χ0v) is 8.03. The molecule has 0 amide bonds. The van der Waals surface area contributed by atoms with Crippen LogP contribution >= 0.6 is 0 Å². The predicted octanol–water partition coefficient (Wildman–Crippen LogP) is 1.86. The second-order valence-corrected chi connectivity index (χ2v) is 3.12. The maximum Gasteiger partial charge on any atom is 0.267 e. The molecule has 0 aliphatic heterocycles. The second kappa shape index (κ2) is 3.54. The number of aryl methyl sites for hydroxylation is 1. The monoisotopic (exact) mass is 188 g/mol. The van der Waals surface area contributed by atoms with E-state index >= 15 is 0 Å². The molecule has 0 unspecified atom stereocenters. The van der Waals surface area contributed by atoms with E-state index in [2.05, 4.69) is 5.10 Å². The van der Waals surface area contributed by atoms with E-state index in [0.717, 1.165) is 11.3 Å². The van der Waals surface area contributed by atoms with Gasteiger partial charge < -0.3 is 0 Å². The molecule has 0 atom stereocenters. The molecule has 0 saturated heterocycles. The molecular weight excluding hydrogens is 176 g/mol. The third kappa shape index (κ3) is 1.48. The van der Waals surface area contributed by atoms with Crippen LogP contribution in [-0.4, -0.2) is 9.78 Å². The van der Waals surface area contributed by atoms with Crippen molar-refractivity contribution in [2.75, 3.05) is 0 Å². The molecule has 1 aromatic heterocycles. The van der Waals surface area contributed by atoms with Gasteiger partial charge in [0.1, 0.15) is 0 Å². The Morgan fingerprint density at radius 2 is 2.00 bits per heavy atom. The van der Waals surface area contributed by atoms with Gasteiger partial charge >= 0.3 is 0 Å². The quantitative estimate of drug-likeness (QED) is 0.767. The van der Waals surface area contributed by atoms with E-state index in [4.69, 9.17) is 0 Å². The van der Waals surface area contributed by atoms with Crippen LogP contribution in [0.1, 0.15) is 6.92 Å². The first-order valence-electron chi connectivity index (χ1n) is 4.66. The van der Waals surface area contributed by atoms with Crippen molar-refractivity contribution in [3.8, 4) is 11.3 Å². The summed E-state index contributed by atoms with van der Waals surface area (Å²) in [5, 5.41) is 3.05. The predicted molar refractivity (Wildman–Crippen MR) is 56.2 cm³/mol. The normalized spacial score (nSPS) is 10.4. The van der Waals surface area contributed by atoms with Crippen molar-refractivity contribution in [2.45, 2.75) is 13.5 Å². The molecule has 0 spiro atoms. The maximum absolute atomic E-state index is 11.4. The van der Waals surface area contributed by atoms with Crippen LogP contribution in [0.5, 0.6) is 0 Å². The smallest absolute Gasteiger partial charge is 0.267 e. The Kier molecular flexibility index (Phi) is 2.23. The largest absolute Gasteiger partial charge is 0.295 e. The van der Waals surface area contributed by atoms with Crippen molar-refractivity contribution in [2.24, 2.45) is 0 Å². The molecule has 0 aliphatic carbocycles. The van der Waals surface area contributed by atoms with Gasteiger partial charge in [-0.2, -0.15) is 0 Å². The topological polar surface area (TPSA) is 37.8 Å². The van der Waals surface area contributed by atoms with Gasteiger partial charge in [-0.1, -0.05) is 30.3 Å². The Morgan fingerprint density at radius 3 is 2.57 bits per heavy atom. The van der Waals surface area contributed by atoms with Gasteiger partial charge in [0.15, 0.2) is 0 Å². The third-order valence-electron chi connectivity index (χ3n) is 2.19. The fourth-order valence-corrected chi connectivity index (χ4v) is 1.43. The number of nitrogens with zero attached hydrogens (tertiary/aromatic N) is 1. The molecule has 3 heteroatoms. The van der Waals surface area contributed by atoms with Crippen molar-refractivity contribution in [1.29, 1.82) is 0 Å². The van der Waals surface area contributed by atoms with Gasteiger partial charge in [0.25, 0.3) is 5.56 Å². The summed E-state index contributed by atoms with van der Waals surface area (Å²) >= 11 is 0. The highest BCUT2D eigenvalue weighted by Gasteiger charge is 2.02. The van der Waals surface area contributed by atoms with Gasteiger partial charge in [-0.15, -0.1) is 0 Å². The lowest BCUT2D eigenvalue weighted by Crippen LogP contribution is -2.13. The summed E-state index contributed by atoms with van der Waals surface area (Å²) in [7, 11) is 0. The SMILES string of the molecule is CCn1[nH]c(-c2ccccc2)cc1=O. The molecule has 0 aliphatic rings. The van der Waals surface area contributed by atoms with E-state index in [1.54, 1.807) is 10.7 Å². The summed E-state index contributed by atoms with van der Waals surface area (Å²) in [6.07, 6.45) is 0. The van der Waals surface area contributed by atoms with E-state index in [9.17, 15) is 4.79 Å². The minimum absolute atomic E-state index is 0.0198. The van der Waals surface area contributed by atoms with E-state index in [0.29, 0.717) is 6.54 Å². The van der Waals surface area contributed by atoms with Gasteiger partial charge in [-0.05, 0) is 12.5 Å². The fourth-order valence-electron chi connectivity index (χ4n) is 1.43. The fraction of sp³-hybridized carbons (Fsp3) is 0.182. The summed E-state index contributed by atoms with van der Waals surface area (Å²) in [5.74, 6) is 0. The summed E-state index contributed by atoms with van der Waals surface area (Å²) in [6.45, 7) is 2.61. The average molecular weight is 188 g/mol. The number of rotatable bonds is 2. The van der Waals surface area contributed by atoms with E-state index in [1.165, 1.54) is 0 Å². The number of hydrogen-bond acceptors (Lipinski definition) is 1. The molecule has 1 N–H and O–H groups in total. The Bertz CT molecular complexity index is 468. The van der Waals surface area contributed by atoms with E-state index in [1.807, 2.05) is 37.3 Å². The van der Waals surface area contributed by atoms with Crippen molar-refractivity contribution < 1.29 is 0 Å². The highest BCUT2D eigenvalue weighted by molar-refractivity contribution is 5.57. The van der Waals surface area contributed by atoms with Crippen molar-refractivity contribution >= 4 is 0 Å². The molecule has 1 heterocycles. The number of H-pyrrole nitrogens is 1. The Morgan fingerprint density at radius 1 is 1.29 bits per heavy atom. The molecule has 0 radical (unpaired) electrons. The van der Waals surface area contributed by atoms with Crippen LogP contribution in [0.25, 0.3) is 11.3 Å². The van der Waals surface area contributed by atoms with Gasteiger partial charge in [0.2, 0.25) is 0 Å².